The molecular weight excluding hydrogens is 384 g/mol. The lowest BCUT2D eigenvalue weighted by Gasteiger charge is -2.21. The molecule has 0 spiro atoms. The van der Waals surface area contributed by atoms with Gasteiger partial charge in [-0.15, -0.1) is 0 Å². The minimum Gasteiger partial charge on any atom is -0.459 e. The van der Waals surface area contributed by atoms with E-state index in [0.717, 1.165) is 37.5 Å². The van der Waals surface area contributed by atoms with Crippen molar-refractivity contribution in [2.45, 2.75) is 19.9 Å². The van der Waals surface area contributed by atoms with Gasteiger partial charge in [-0.25, -0.2) is 0 Å². The summed E-state index contributed by atoms with van der Waals surface area (Å²) in [5.74, 6) is 0.720. The van der Waals surface area contributed by atoms with Crippen LogP contribution in [0.15, 0.2) is 57.7 Å². The van der Waals surface area contributed by atoms with Crippen LogP contribution in [0.4, 0.5) is 5.69 Å². The second-order valence-electron chi connectivity index (χ2n) is 7.36. The molecule has 4 rings (SSSR count). The number of aryl methyl sites for hydroxylation is 1. The minimum absolute atomic E-state index is 0.00181. The number of aromatic nitrogens is 1. The summed E-state index contributed by atoms with van der Waals surface area (Å²) in [6.45, 7) is 5.68. The second kappa shape index (κ2) is 8.96. The van der Waals surface area contributed by atoms with Gasteiger partial charge in [-0.1, -0.05) is 5.16 Å². The molecule has 2 amide bonds. The normalized spacial score (nSPS) is 15.0. The zero-order valence-corrected chi connectivity index (χ0v) is 16.8. The van der Waals surface area contributed by atoms with Crippen LogP contribution in [0.5, 0.6) is 0 Å². The number of nitrogens with one attached hydrogen (secondary N) is 1. The van der Waals surface area contributed by atoms with E-state index < -0.39 is 0 Å². The number of benzene rings is 1. The van der Waals surface area contributed by atoms with Crippen LogP contribution in [-0.2, 0) is 6.54 Å². The van der Waals surface area contributed by atoms with Gasteiger partial charge in [0.1, 0.15) is 5.76 Å². The molecule has 8 nitrogen and oxygen atoms in total. The van der Waals surface area contributed by atoms with Gasteiger partial charge in [0.25, 0.3) is 11.8 Å². The average molecular weight is 408 g/mol. The van der Waals surface area contributed by atoms with Crippen LogP contribution in [0, 0.1) is 6.92 Å². The Labute approximate surface area is 174 Å². The van der Waals surface area contributed by atoms with Gasteiger partial charge in [-0.05, 0) is 49.7 Å². The van der Waals surface area contributed by atoms with Crippen molar-refractivity contribution >= 4 is 17.5 Å². The number of carbonyl (C=O) groups excluding carboxylic acids is 2. The molecule has 2 aromatic heterocycles. The number of carbonyl (C=O) groups is 2. The first-order chi connectivity index (χ1) is 14.6. The topological polar surface area (TPSA) is 91.8 Å². The van der Waals surface area contributed by atoms with E-state index in [1.165, 1.54) is 6.26 Å². The van der Waals surface area contributed by atoms with E-state index in [4.69, 9.17) is 8.94 Å². The largest absolute Gasteiger partial charge is 0.459 e. The lowest BCUT2D eigenvalue weighted by molar-refractivity contribution is 0.0761. The van der Waals surface area contributed by atoms with Gasteiger partial charge in [0.15, 0.2) is 5.76 Å². The zero-order valence-electron chi connectivity index (χ0n) is 16.8. The van der Waals surface area contributed by atoms with Crippen molar-refractivity contribution in [2.24, 2.45) is 0 Å². The highest BCUT2D eigenvalue weighted by atomic mass is 16.5. The summed E-state index contributed by atoms with van der Waals surface area (Å²) >= 11 is 0. The zero-order chi connectivity index (χ0) is 20.9. The van der Waals surface area contributed by atoms with Crippen molar-refractivity contribution in [1.82, 2.24) is 15.0 Å². The number of hydrogen-bond acceptors (Lipinski definition) is 6. The lowest BCUT2D eigenvalue weighted by Crippen LogP contribution is -2.35. The number of nitrogens with zero attached hydrogens (tertiary/aromatic N) is 3. The van der Waals surface area contributed by atoms with Crippen LogP contribution < -0.4 is 5.32 Å². The van der Waals surface area contributed by atoms with Crippen molar-refractivity contribution in [2.75, 3.05) is 31.5 Å². The quantitative estimate of drug-likeness (QED) is 0.697. The molecule has 3 aromatic rings. The maximum Gasteiger partial charge on any atom is 0.291 e. The third kappa shape index (κ3) is 4.77. The Kier molecular flexibility index (Phi) is 5.94. The Morgan fingerprint density at radius 3 is 2.63 bits per heavy atom. The van der Waals surface area contributed by atoms with Crippen LogP contribution >= 0.6 is 0 Å². The number of amides is 2. The van der Waals surface area contributed by atoms with Gasteiger partial charge in [0, 0.05) is 50.0 Å². The maximum absolute atomic E-state index is 12.9. The molecule has 1 aliphatic rings. The molecule has 1 aliphatic heterocycles. The maximum atomic E-state index is 12.9. The molecule has 1 fully saturated rings. The fraction of sp³-hybridized carbons (Fsp3) is 0.318. The van der Waals surface area contributed by atoms with Gasteiger partial charge in [-0.3, -0.25) is 14.5 Å². The minimum atomic E-state index is -0.325. The van der Waals surface area contributed by atoms with Gasteiger partial charge in [-0.2, -0.15) is 0 Å². The molecular formula is C22H24N4O4. The molecule has 1 N–H and O–H groups in total. The summed E-state index contributed by atoms with van der Waals surface area (Å²) in [7, 11) is 0. The fourth-order valence-corrected chi connectivity index (χ4v) is 3.53. The van der Waals surface area contributed by atoms with Gasteiger partial charge >= 0.3 is 0 Å². The molecule has 0 aliphatic carbocycles. The van der Waals surface area contributed by atoms with E-state index in [9.17, 15) is 9.59 Å². The molecule has 3 heterocycles. The summed E-state index contributed by atoms with van der Waals surface area (Å²) in [6.07, 6.45) is 2.35. The first-order valence-corrected chi connectivity index (χ1v) is 9.97. The molecule has 0 saturated carbocycles. The predicted molar refractivity (Wildman–Crippen MR) is 110 cm³/mol. The molecule has 1 saturated heterocycles. The van der Waals surface area contributed by atoms with E-state index in [-0.39, 0.29) is 17.6 Å². The average Bonchev–Trinajstić information content (AvgIpc) is 3.37. The van der Waals surface area contributed by atoms with E-state index >= 15 is 0 Å². The molecule has 30 heavy (non-hydrogen) atoms. The number of rotatable bonds is 5. The van der Waals surface area contributed by atoms with Crippen LogP contribution in [0.2, 0.25) is 0 Å². The first-order valence-electron chi connectivity index (χ1n) is 9.97. The smallest absolute Gasteiger partial charge is 0.291 e. The number of anilines is 1. The third-order valence-corrected chi connectivity index (χ3v) is 5.07. The van der Waals surface area contributed by atoms with Crippen LogP contribution in [0.3, 0.4) is 0 Å². The first kappa shape index (κ1) is 19.9. The Morgan fingerprint density at radius 2 is 1.93 bits per heavy atom. The Hall–Kier alpha value is -3.39. The predicted octanol–water partition coefficient (Wildman–Crippen LogP) is 3.18. The Balaban J connectivity index is 1.33. The van der Waals surface area contributed by atoms with Crippen molar-refractivity contribution < 1.29 is 18.5 Å². The Morgan fingerprint density at radius 1 is 1.10 bits per heavy atom. The number of hydrogen-bond donors (Lipinski definition) is 1. The monoisotopic (exact) mass is 408 g/mol. The van der Waals surface area contributed by atoms with Gasteiger partial charge in [0.2, 0.25) is 0 Å². The van der Waals surface area contributed by atoms with Crippen LogP contribution in [0.1, 0.15) is 38.8 Å². The molecule has 0 atom stereocenters. The summed E-state index contributed by atoms with van der Waals surface area (Å²) in [5.41, 5.74) is 2.13. The highest BCUT2D eigenvalue weighted by Crippen LogP contribution is 2.15. The molecule has 1 aromatic carbocycles. The second-order valence-corrected chi connectivity index (χ2v) is 7.36. The molecule has 8 heteroatoms. The summed E-state index contributed by atoms with van der Waals surface area (Å²) in [4.78, 5) is 29.1. The summed E-state index contributed by atoms with van der Waals surface area (Å²) in [5, 5.41) is 6.81. The lowest BCUT2D eigenvalue weighted by atomic mass is 10.1. The molecule has 156 valence electrons. The molecule has 0 bridgehead atoms. The number of furan rings is 1. The summed E-state index contributed by atoms with van der Waals surface area (Å²) in [6, 6.07) is 12.1. The highest BCUT2D eigenvalue weighted by molar-refractivity contribution is 6.02. The summed E-state index contributed by atoms with van der Waals surface area (Å²) < 4.78 is 10.2. The SMILES string of the molecule is Cc1cc(CN2CCCN(C(=O)c3ccc(NC(=O)c4ccco4)cc3)CC2)no1. The van der Waals surface area contributed by atoms with Gasteiger partial charge in [0.05, 0.1) is 12.0 Å². The molecule has 0 unspecified atom stereocenters. The van der Waals surface area contributed by atoms with Crippen molar-refractivity contribution in [3.63, 3.8) is 0 Å². The fourth-order valence-electron chi connectivity index (χ4n) is 3.53. The van der Waals surface area contributed by atoms with Crippen LogP contribution in [0.25, 0.3) is 0 Å². The highest BCUT2D eigenvalue weighted by Gasteiger charge is 2.21. The standard InChI is InChI=1S/C22H24N4O4/c1-16-14-19(24-30-16)15-25-9-3-10-26(12-11-25)22(28)17-5-7-18(8-6-17)23-21(27)20-4-2-13-29-20/h2,4-8,13-14H,3,9-12,15H2,1H3,(H,23,27). The van der Waals surface area contributed by atoms with Crippen molar-refractivity contribution in [3.05, 3.63) is 71.5 Å². The van der Waals surface area contributed by atoms with E-state index in [0.29, 0.717) is 24.3 Å². The van der Waals surface area contributed by atoms with Crippen molar-refractivity contribution in [3.8, 4) is 0 Å². The van der Waals surface area contributed by atoms with E-state index in [1.807, 2.05) is 17.9 Å². The van der Waals surface area contributed by atoms with Crippen molar-refractivity contribution in [1.29, 1.82) is 0 Å². The van der Waals surface area contributed by atoms with Gasteiger partial charge < -0.3 is 19.2 Å². The third-order valence-electron chi connectivity index (χ3n) is 5.07. The Bertz CT molecular complexity index is 995. The molecule has 0 radical (unpaired) electrons. The van der Waals surface area contributed by atoms with E-state index in [1.54, 1.807) is 36.4 Å². The van der Waals surface area contributed by atoms with Crippen LogP contribution in [-0.4, -0.2) is 52.9 Å². The van der Waals surface area contributed by atoms with E-state index in [2.05, 4.69) is 15.4 Å².